The van der Waals surface area contributed by atoms with E-state index in [1.54, 1.807) is 0 Å². The van der Waals surface area contributed by atoms with Crippen LogP contribution in [0.15, 0.2) is 76.5 Å². The second-order valence-corrected chi connectivity index (χ2v) is 10.4. The van der Waals surface area contributed by atoms with Crippen LogP contribution in [0.2, 0.25) is 0 Å². The third-order valence-electron chi connectivity index (χ3n) is 6.41. The van der Waals surface area contributed by atoms with Gasteiger partial charge in [0.25, 0.3) is 5.56 Å². The first kappa shape index (κ1) is 16.2. The van der Waals surface area contributed by atoms with Gasteiger partial charge >= 0.3 is 6.18 Å². The number of fused-ring (bicyclic) bond motifs is 1. The molecule has 0 spiro atoms. The van der Waals surface area contributed by atoms with Gasteiger partial charge in [-0.15, -0.1) is 0 Å². The number of rotatable bonds is 13. The Morgan fingerprint density at radius 1 is 1.02 bits per heavy atom. The molecule has 254 valence electrons. The van der Waals surface area contributed by atoms with Crippen LogP contribution >= 0.6 is 11.8 Å². The molecule has 1 heterocycles. The highest BCUT2D eigenvalue weighted by Crippen LogP contribution is 2.34. The number of halogens is 4. The molecule has 0 unspecified atom stereocenters. The van der Waals surface area contributed by atoms with Gasteiger partial charge < -0.3 is 14.4 Å². The van der Waals surface area contributed by atoms with Gasteiger partial charge in [-0.2, -0.15) is 18.2 Å². The van der Waals surface area contributed by atoms with E-state index >= 15 is 4.79 Å². The molecule has 11 heteroatoms. The maximum atomic E-state index is 15.4. The third kappa shape index (κ3) is 8.54. The van der Waals surface area contributed by atoms with E-state index in [0.717, 1.165) is 24.3 Å². The van der Waals surface area contributed by atoms with Gasteiger partial charge in [0, 0.05) is 50.2 Å². The van der Waals surface area contributed by atoms with Gasteiger partial charge in [0.05, 0.1) is 23.4 Å². The first-order valence-corrected chi connectivity index (χ1v) is 14.8. The minimum absolute atomic E-state index is 0.333. The normalized spacial score (nSPS) is 24.5. The summed E-state index contributed by atoms with van der Waals surface area (Å²) in [7, 11) is 0. The monoisotopic (exact) mass is 703 g/mol. The molecule has 3 aromatic carbocycles. The second-order valence-electron chi connectivity index (χ2n) is 9.60. The van der Waals surface area contributed by atoms with Crippen LogP contribution < -0.4 is 5.56 Å². The van der Waals surface area contributed by atoms with E-state index in [0.29, 0.717) is 11.8 Å². The molecule has 0 atom stereocenters. The molecular weight excluding hydrogens is 640 g/mol. The number of hydrogen-bond acceptors (Lipinski definition) is 5. The molecule has 0 aliphatic heterocycles. The molecule has 6 nitrogen and oxygen atoms in total. The lowest BCUT2D eigenvalue weighted by atomic mass is 9.98. The molecular formula is C37H40F4N4O2S. The maximum absolute atomic E-state index is 15.4. The molecule has 1 aliphatic rings. The number of aromatic nitrogens is 2. The third-order valence-corrected chi connectivity index (χ3v) is 7.21. The Balaban J connectivity index is 1.95. The van der Waals surface area contributed by atoms with Crippen LogP contribution in [0, 0.1) is 12.7 Å². The van der Waals surface area contributed by atoms with E-state index < -0.39 is 184 Å². The number of nitrogens with zero attached hydrogens (tertiary/aromatic N) is 4. The van der Waals surface area contributed by atoms with Crippen LogP contribution in [-0.2, 0) is 42.4 Å². The lowest BCUT2D eigenvalue weighted by molar-refractivity contribution is -0.138. The SMILES string of the molecule is [2H]c1c([2H])c(C([2H])([2H])N(C(=O)C([2H])([2H])n2c(SC([2H])([2H])c3ccc(F)cc3)nc(=O)c3c2C([2H])([2H])C([2H])([2H])C3([2H])[2H])C([2H])([2H])C([2H])([2H])N(CC)CC)c([2H])c([2H])c1-c1c([2H])c([2H])c(C(F)(F)F)c(C)c1[2H]. The van der Waals surface area contributed by atoms with Crippen molar-refractivity contribution in [3.63, 3.8) is 0 Å². The van der Waals surface area contributed by atoms with Crippen LogP contribution in [0.1, 0.15) is 85.3 Å². The molecule has 4 aromatic rings. The van der Waals surface area contributed by atoms with E-state index in [2.05, 4.69) is 4.98 Å². The standard InChI is InChI=1S/C37H40F4N4O2S/c1-4-43(5-2)19-20-44(22-26-9-13-28(14-10-26)29-15-18-32(25(3)21-29)37(39,40)41)34(46)23-45-33-8-6-7-31(33)35(47)42-36(45)48-24-27-11-16-30(38)17-12-27/h9-18,21H,4-8,19-20,22-24H2,1-3H3/i6D2,7D2,8D2,9D,10D,13D,14D,15D,18D,19D2,20D2,21D,22D2,23D2,24D2. The van der Waals surface area contributed by atoms with Crippen molar-refractivity contribution in [1.29, 1.82) is 0 Å². The number of alkyl halides is 3. The average Bonchev–Trinajstić information content (AvgIpc) is 3.33. The van der Waals surface area contributed by atoms with E-state index in [1.807, 2.05) is 0 Å². The van der Waals surface area contributed by atoms with Crippen LogP contribution in [0.3, 0.4) is 0 Å². The first-order valence-electron chi connectivity index (χ1n) is 25.5. The quantitative estimate of drug-likeness (QED) is 0.0819. The summed E-state index contributed by atoms with van der Waals surface area (Å²) in [4.78, 5) is 32.4. The number of likely N-dealkylation sites (N-methyl/N-ethyl adjacent to an activating group) is 1. The summed E-state index contributed by atoms with van der Waals surface area (Å²) < 4.78 is 259. The van der Waals surface area contributed by atoms with Crippen LogP contribution in [-0.4, -0.2) is 51.3 Å². The lowest BCUT2D eigenvalue weighted by Gasteiger charge is -2.28. The maximum Gasteiger partial charge on any atom is 0.416 e. The van der Waals surface area contributed by atoms with Crippen molar-refractivity contribution in [3.8, 4) is 11.1 Å². The summed E-state index contributed by atoms with van der Waals surface area (Å²) in [5.74, 6) is -3.62. The zero-order chi connectivity index (χ0) is 54.9. The van der Waals surface area contributed by atoms with Gasteiger partial charge in [0.2, 0.25) is 5.91 Å². The van der Waals surface area contributed by atoms with E-state index in [-0.39, 0.29) is 16.3 Å². The molecule has 0 radical (unpaired) electrons. The van der Waals surface area contributed by atoms with Crippen molar-refractivity contribution < 1.29 is 53.9 Å². The Hall–Kier alpha value is -3.96. The van der Waals surface area contributed by atoms with Gasteiger partial charge in [0.15, 0.2) is 5.16 Å². The Bertz CT molecular complexity index is 2840. The summed E-state index contributed by atoms with van der Waals surface area (Å²) in [6, 6.07) is -7.27. The number of benzene rings is 3. The minimum Gasteiger partial charge on any atom is -0.336 e. The van der Waals surface area contributed by atoms with Gasteiger partial charge in [-0.05, 0) is 85.1 Å². The number of amides is 1. The average molecular weight is 704 g/mol. The van der Waals surface area contributed by atoms with Gasteiger partial charge in [-0.3, -0.25) is 9.59 Å². The second kappa shape index (κ2) is 15.5. The summed E-state index contributed by atoms with van der Waals surface area (Å²) in [5, 5.41) is -1.45. The molecule has 1 amide bonds. The fourth-order valence-corrected chi connectivity index (χ4v) is 4.67. The number of carbonyl (C=O) groups is 1. The molecule has 0 fully saturated rings. The van der Waals surface area contributed by atoms with Crippen LogP contribution in [0.4, 0.5) is 17.6 Å². The van der Waals surface area contributed by atoms with E-state index in [4.69, 9.17) is 23.3 Å². The molecule has 1 aliphatic carbocycles. The van der Waals surface area contributed by atoms with Crippen molar-refractivity contribution in [3.05, 3.63) is 116 Å². The Kier molecular flexibility index (Phi) is 5.22. The Labute approximate surface area is 315 Å². The summed E-state index contributed by atoms with van der Waals surface area (Å²) in [6.07, 6.45) is -16.9. The summed E-state index contributed by atoms with van der Waals surface area (Å²) in [5.41, 5.74) is -15.4. The van der Waals surface area contributed by atoms with Crippen LogP contribution in [0.25, 0.3) is 11.1 Å². The number of thioether (sulfide) groups is 1. The minimum atomic E-state index is -5.31. The molecule has 1 aromatic heterocycles. The number of hydrogen-bond donors (Lipinski definition) is 0. The van der Waals surface area contributed by atoms with Crippen LogP contribution in [0.5, 0.6) is 0 Å². The molecule has 0 N–H and O–H groups in total. The molecule has 0 bridgehead atoms. The lowest BCUT2D eigenvalue weighted by Crippen LogP contribution is -2.40. The predicted molar refractivity (Wildman–Crippen MR) is 181 cm³/mol. The molecule has 0 saturated carbocycles. The van der Waals surface area contributed by atoms with E-state index in [9.17, 15) is 30.6 Å². The molecule has 5 rings (SSSR count). The van der Waals surface area contributed by atoms with Crippen molar-refractivity contribution in [1.82, 2.24) is 19.4 Å². The predicted octanol–water partition coefficient (Wildman–Crippen LogP) is 7.53. The highest BCUT2D eigenvalue weighted by Gasteiger charge is 2.32. The zero-order valence-electron chi connectivity index (χ0n) is 48.2. The zero-order valence-corrected chi connectivity index (χ0v) is 26.1. The summed E-state index contributed by atoms with van der Waals surface area (Å²) in [6.45, 7) is -14.7. The first-order chi connectivity index (χ1) is 31.9. The highest BCUT2D eigenvalue weighted by molar-refractivity contribution is 7.98. The smallest absolute Gasteiger partial charge is 0.336 e. The van der Waals surface area contributed by atoms with E-state index in [1.165, 1.54) is 13.8 Å². The summed E-state index contributed by atoms with van der Waals surface area (Å²) >= 11 is -0.333. The fourth-order valence-electron chi connectivity index (χ4n) is 3.97. The van der Waals surface area contributed by atoms with Crippen molar-refractivity contribution in [2.24, 2.45) is 0 Å². The topological polar surface area (TPSA) is 58.4 Å². The molecule has 0 saturated heterocycles. The highest BCUT2D eigenvalue weighted by atomic mass is 32.2. The Morgan fingerprint density at radius 3 is 2.38 bits per heavy atom. The van der Waals surface area contributed by atoms with Crippen molar-refractivity contribution >= 4 is 17.7 Å². The van der Waals surface area contributed by atoms with Crippen molar-refractivity contribution in [2.75, 3.05) is 26.1 Å². The van der Waals surface area contributed by atoms with Crippen molar-refractivity contribution in [2.45, 2.75) is 69.9 Å². The molecule has 48 heavy (non-hydrogen) atoms. The van der Waals surface area contributed by atoms with Gasteiger partial charge in [-0.1, -0.05) is 74.0 Å². The van der Waals surface area contributed by atoms with Gasteiger partial charge in [0.1, 0.15) is 12.3 Å². The largest absolute Gasteiger partial charge is 0.416 e. The number of carbonyl (C=O) groups excluding carboxylic acids is 1. The van der Waals surface area contributed by atoms with Gasteiger partial charge in [-0.25, -0.2) is 4.39 Å². The Morgan fingerprint density at radius 2 is 1.71 bits per heavy atom. The fraction of sp³-hybridized carbons (Fsp3) is 0.378.